The second-order valence-corrected chi connectivity index (χ2v) is 9.53. The van der Waals surface area contributed by atoms with Gasteiger partial charge >= 0.3 is 12.6 Å². The van der Waals surface area contributed by atoms with Crippen molar-refractivity contribution in [1.82, 2.24) is 29.8 Å². The fourth-order valence-electron chi connectivity index (χ4n) is 4.26. The van der Waals surface area contributed by atoms with Crippen molar-refractivity contribution in [2.45, 2.75) is 19.1 Å². The third kappa shape index (κ3) is 6.24. The number of ether oxygens (including phenoxy) is 1. The van der Waals surface area contributed by atoms with E-state index in [-0.39, 0.29) is 34.3 Å². The smallest absolute Gasteiger partial charge is 0.345 e. The summed E-state index contributed by atoms with van der Waals surface area (Å²) in [6, 6.07) is 11.8. The molecule has 9 nitrogen and oxygen atoms in total. The van der Waals surface area contributed by atoms with E-state index in [4.69, 9.17) is 28.3 Å². The number of aromatic carboxylic acids is 1. The van der Waals surface area contributed by atoms with Gasteiger partial charge in [-0.1, -0.05) is 46.6 Å². The van der Waals surface area contributed by atoms with Crippen LogP contribution in [0.25, 0.3) is 27.9 Å². The van der Waals surface area contributed by atoms with Gasteiger partial charge in [0.1, 0.15) is 0 Å². The van der Waals surface area contributed by atoms with E-state index in [0.29, 0.717) is 28.1 Å². The van der Waals surface area contributed by atoms with Crippen molar-refractivity contribution in [3.8, 4) is 27.9 Å². The van der Waals surface area contributed by atoms with Crippen molar-refractivity contribution in [2.24, 2.45) is 0 Å². The van der Waals surface area contributed by atoms with E-state index in [1.54, 1.807) is 47.4 Å². The molecule has 1 unspecified atom stereocenters. The van der Waals surface area contributed by atoms with Crippen molar-refractivity contribution in [2.75, 3.05) is 6.61 Å². The molecule has 3 aromatic heterocycles. The Labute approximate surface area is 240 Å². The number of carboxylic acids is 1. The molecule has 0 spiro atoms. The van der Waals surface area contributed by atoms with Gasteiger partial charge in [0.2, 0.25) is 0 Å². The SMILES string of the molecule is O=C(O)c1ccc(-c2cnn(C(CCOC(F)F)c3ccc(-c4c(-n5cc(Cl)nn5)ccc(Cl)c4F)cn3)c2)cc1. The molecule has 0 saturated heterocycles. The lowest BCUT2D eigenvalue weighted by molar-refractivity contribution is -0.130. The van der Waals surface area contributed by atoms with Gasteiger partial charge in [-0.05, 0) is 42.3 Å². The molecule has 0 fully saturated rings. The molecular formula is C27H19Cl2F3N6O3. The van der Waals surface area contributed by atoms with Crippen molar-refractivity contribution in [3.05, 3.63) is 101 Å². The number of nitrogens with zero attached hydrogens (tertiary/aromatic N) is 6. The maximum atomic E-state index is 15.3. The standard InChI is InChI=1S/C27H19Cl2F3N6O3/c28-19-6-8-22(38-14-23(29)35-36-38)24(25(19)30)17-5-7-20(33-11-17)21(9-10-41-27(31)32)37-13-18(12-34-37)15-1-3-16(4-2-15)26(39)40/h1-8,11-14,21,27H,9-10H2,(H,39,40). The first-order valence-electron chi connectivity index (χ1n) is 12.0. The van der Waals surface area contributed by atoms with Gasteiger partial charge in [-0.3, -0.25) is 9.67 Å². The van der Waals surface area contributed by atoms with E-state index in [0.717, 1.165) is 0 Å². The van der Waals surface area contributed by atoms with Gasteiger partial charge in [0.15, 0.2) is 11.0 Å². The van der Waals surface area contributed by atoms with Crippen LogP contribution < -0.4 is 0 Å². The van der Waals surface area contributed by atoms with Crippen LogP contribution in [0.1, 0.15) is 28.5 Å². The molecule has 0 radical (unpaired) electrons. The summed E-state index contributed by atoms with van der Waals surface area (Å²) >= 11 is 12.0. The minimum atomic E-state index is -2.94. The largest absolute Gasteiger partial charge is 0.478 e. The molecule has 210 valence electrons. The monoisotopic (exact) mass is 602 g/mol. The summed E-state index contributed by atoms with van der Waals surface area (Å²) in [5.41, 5.74) is 2.79. The van der Waals surface area contributed by atoms with Gasteiger partial charge in [-0.25, -0.2) is 13.9 Å². The zero-order valence-electron chi connectivity index (χ0n) is 20.8. The number of halogens is 5. The molecule has 14 heteroatoms. The summed E-state index contributed by atoms with van der Waals surface area (Å²) in [7, 11) is 0. The maximum Gasteiger partial charge on any atom is 0.345 e. The predicted octanol–water partition coefficient (Wildman–Crippen LogP) is 6.56. The number of pyridine rings is 1. The summed E-state index contributed by atoms with van der Waals surface area (Å²) in [5.74, 6) is -1.74. The van der Waals surface area contributed by atoms with Crippen LogP contribution >= 0.6 is 23.2 Å². The molecule has 0 bridgehead atoms. The van der Waals surface area contributed by atoms with Crippen LogP contribution in [0.3, 0.4) is 0 Å². The van der Waals surface area contributed by atoms with Crippen LogP contribution in [-0.2, 0) is 4.74 Å². The fraction of sp³-hybridized carbons (Fsp3) is 0.148. The quantitative estimate of drug-likeness (QED) is 0.193. The zero-order valence-corrected chi connectivity index (χ0v) is 22.3. The van der Waals surface area contributed by atoms with Gasteiger partial charge in [0, 0.05) is 29.1 Å². The van der Waals surface area contributed by atoms with Crippen molar-refractivity contribution < 1.29 is 27.8 Å². The second-order valence-electron chi connectivity index (χ2n) is 8.74. The van der Waals surface area contributed by atoms with Gasteiger partial charge in [0.25, 0.3) is 0 Å². The Bertz CT molecular complexity index is 1680. The number of alkyl halides is 2. The van der Waals surface area contributed by atoms with Crippen LogP contribution in [0.2, 0.25) is 10.2 Å². The molecule has 41 heavy (non-hydrogen) atoms. The molecule has 5 rings (SSSR count). The molecule has 1 atom stereocenters. The normalized spacial score (nSPS) is 12.1. The van der Waals surface area contributed by atoms with Crippen LogP contribution in [0.4, 0.5) is 13.2 Å². The Hall–Kier alpha value is -4.26. The number of carbonyl (C=O) groups is 1. The van der Waals surface area contributed by atoms with Crippen LogP contribution in [-0.4, -0.2) is 54.1 Å². The molecule has 0 aliphatic carbocycles. The Morgan fingerprint density at radius 1 is 0.976 bits per heavy atom. The van der Waals surface area contributed by atoms with Crippen LogP contribution in [0.5, 0.6) is 0 Å². The molecule has 0 amide bonds. The molecule has 2 aromatic carbocycles. The zero-order chi connectivity index (χ0) is 29.1. The van der Waals surface area contributed by atoms with E-state index < -0.39 is 24.4 Å². The van der Waals surface area contributed by atoms with Gasteiger partial charge < -0.3 is 9.84 Å². The number of rotatable bonds is 10. The van der Waals surface area contributed by atoms with E-state index >= 15 is 4.39 Å². The predicted molar refractivity (Wildman–Crippen MR) is 144 cm³/mol. The summed E-state index contributed by atoms with van der Waals surface area (Å²) in [5, 5.41) is 21.2. The lowest BCUT2D eigenvalue weighted by Gasteiger charge is -2.18. The van der Waals surface area contributed by atoms with Crippen LogP contribution in [0, 0.1) is 5.82 Å². The van der Waals surface area contributed by atoms with Crippen molar-refractivity contribution >= 4 is 29.2 Å². The minimum Gasteiger partial charge on any atom is -0.478 e. The summed E-state index contributed by atoms with van der Waals surface area (Å²) in [4.78, 5) is 15.7. The highest BCUT2D eigenvalue weighted by Gasteiger charge is 2.21. The number of carboxylic acid groups (broad SMARTS) is 1. The van der Waals surface area contributed by atoms with E-state index in [1.807, 2.05) is 0 Å². The van der Waals surface area contributed by atoms with Crippen molar-refractivity contribution in [3.63, 3.8) is 0 Å². The molecule has 0 saturated carbocycles. The summed E-state index contributed by atoms with van der Waals surface area (Å²) in [6.45, 7) is -3.23. The van der Waals surface area contributed by atoms with Gasteiger partial charge in [-0.2, -0.15) is 13.9 Å². The highest BCUT2D eigenvalue weighted by atomic mass is 35.5. The number of benzene rings is 2. The van der Waals surface area contributed by atoms with Gasteiger partial charge in [0.05, 0.1) is 47.0 Å². The second kappa shape index (κ2) is 12.1. The third-order valence-corrected chi connectivity index (χ3v) is 6.69. The Morgan fingerprint density at radius 3 is 2.37 bits per heavy atom. The average Bonchev–Trinajstić information content (AvgIpc) is 3.62. The summed E-state index contributed by atoms with van der Waals surface area (Å²) in [6.07, 6.45) is 6.22. The van der Waals surface area contributed by atoms with E-state index in [2.05, 4.69) is 25.1 Å². The lowest BCUT2D eigenvalue weighted by Crippen LogP contribution is -2.16. The topological polar surface area (TPSA) is 108 Å². The Kier molecular flexibility index (Phi) is 8.34. The maximum absolute atomic E-state index is 15.3. The Balaban J connectivity index is 1.48. The highest BCUT2D eigenvalue weighted by molar-refractivity contribution is 6.31. The van der Waals surface area contributed by atoms with Crippen LogP contribution in [0.15, 0.2) is 73.3 Å². The Morgan fingerprint density at radius 2 is 1.73 bits per heavy atom. The molecule has 1 N–H and O–H groups in total. The fourth-order valence-corrected chi connectivity index (χ4v) is 4.55. The summed E-state index contributed by atoms with van der Waals surface area (Å²) < 4.78 is 48.1. The first-order valence-corrected chi connectivity index (χ1v) is 12.8. The number of hydrogen-bond donors (Lipinski definition) is 1. The molecular weight excluding hydrogens is 584 g/mol. The molecule has 0 aliphatic rings. The lowest BCUT2D eigenvalue weighted by atomic mass is 10.0. The first kappa shape index (κ1) is 28.3. The average molecular weight is 603 g/mol. The molecule has 3 heterocycles. The number of aromatic nitrogens is 6. The third-order valence-electron chi connectivity index (χ3n) is 6.22. The van der Waals surface area contributed by atoms with E-state index in [9.17, 15) is 13.6 Å². The minimum absolute atomic E-state index is 0.101. The first-order chi connectivity index (χ1) is 19.7. The highest BCUT2D eigenvalue weighted by Crippen LogP contribution is 2.34. The van der Waals surface area contributed by atoms with Crippen molar-refractivity contribution in [1.29, 1.82) is 0 Å². The number of hydrogen-bond acceptors (Lipinski definition) is 6. The van der Waals surface area contributed by atoms with Gasteiger partial charge in [-0.15, -0.1) is 5.10 Å². The van der Waals surface area contributed by atoms with E-state index in [1.165, 1.54) is 35.3 Å². The molecule has 5 aromatic rings. The molecule has 0 aliphatic heterocycles.